The number of nitrogens with zero attached hydrogens (tertiary/aromatic N) is 1. The second kappa shape index (κ2) is 5.72. The lowest BCUT2D eigenvalue weighted by atomic mass is 9.99. The van der Waals surface area contributed by atoms with E-state index in [9.17, 15) is 0 Å². The molecule has 0 spiro atoms. The van der Waals surface area contributed by atoms with Gasteiger partial charge < -0.3 is 10.2 Å². The van der Waals surface area contributed by atoms with Gasteiger partial charge in [0.05, 0.1) is 0 Å². The summed E-state index contributed by atoms with van der Waals surface area (Å²) in [5.41, 5.74) is 0.328. The molecule has 2 nitrogen and oxygen atoms in total. The van der Waals surface area contributed by atoms with Crippen LogP contribution in [-0.4, -0.2) is 36.6 Å². The number of nitrogens with one attached hydrogen (secondary N) is 1. The van der Waals surface area contributed by atoms with Gasteiger partial charge in [0.25, 0.3) is 0 Å². The van der Waals surface area contributed by atoms with Crippen LogP contribution in [0.25, 0.3) is 0 Å². The van der Waals surface area contributed by atoms with Gasteiger partial charge in [-0.05, 0) is 46.2 Å². The highest BCUT2D eigenvalue weighted by atomic mass is 15.2. The van der Waals surface area contributed by atoms with E-state index in [-0.39, 0.29) is 0 Å². The molecule has 0 atom stereocenters. The maximum atomic E-state index is 3.65. The molecular weight excluding hydrogens is 172 g/mol. The van der Waals surface area contributed by atoms with Crippen LogP contribution in [0.3, 0.4) is 0 Å². The Morgan fingerprint density at radius 1 is 1.21 bits per heavy atom. The summed E-state index contributed by atoms with van der Waals surface area (Å²) >= 11 is 0. The van der Waals surface area contributed by atoms with E-state index in [0.29, 0.717) is 5.54 Å². The predicted molar refractivity (Wildman–Crippen MR) is 62.7 cm³/mol. The summed E-state index contributed by atoms with van der Waals surface area (Å²) < 4.78 is 0. The van der Waals surface area contributed by atoms with Crippen molar-refractivity contribution in [2.75, 3.05) is 26.2 Å². The van der Waals surface area contributed by atoms with Gasteiger partial charge in [0, 0.05) is 18.6 Å². The zero-order valence-electron chi connectivity index (χ0n) is 10.1. The van der Waals surface area contributed by atoms with Crippen LogP contribution in [0, 0.1) is 0 Å². The molecule has 2 heteroatoms. The van der Waals surface area contributed by atoms with Crippen LogP contribution in [-0.2, 0) is 0 Å². The van der Waals surface area contributed by atoms with Crippen LogP contribution in [0.4, 0.5) is 0 Å². The lowest BCUT2D eigenvalue weighted by molar-refractivity contribution is 0.295. The Labute approximate surface area is 89.1 Å². The van der Waals surface area contributed by atoms with Gasteiger partial charge in [0.2, 0.25) is 0 Å². The molecular formula is C12H26N2. The lowest BCUT2D eigenvalue weighted by Gasteiger charge is -2.27. The first kappa shape index (κ1) is 12.0. The number of rotatable bonds is 6. The number of likely N-dealkylation sites (tertiary alicyclic amines) is 1. The maximum Gasteiger partial charge on any atom is 0.0125 e. The van der Waals surface area contributed by atoms with Crippen LogP contribution in [0.1, 0.15) is 46.5 Å². The summed E-state index contributed by atoms with van der Waals surface area (Å²) in [5.74, 6) is 0. The summed E-state index contributed by atoms with van der Waals surface area (Å²) in [6, 6.07) is 0. The van der Waals surface area contributed by atoms with Crippen LogP contribution in [0.15, 0.2) is 0 Å². The standard InChI is InChI=1S/C12H26N2/c1-4-7-12(2,3)13-8-11-14-9-5-6-10-14/h13H,4-11H2,1-3H3. The molecule has 0 aromatic heterocycles. The fraction of sp³-hybridized carbons (Fsp3) is 1.00. The largest absolute Gasteiger partial charge is 0.311 e. The summed E-state index contributed by atoms with van der Waals surface area (Å²) in [4.78, 5) is 2.56. The molecule has 0 radical (unpaired) electrons. The molecule has 1 aliphatic rings. The molecule has 1 N–H and O–H groups in total. The minimum absolute atomic E-state index is 0.328. The van der Waals surface area contributed by atoms with E-state index >= 15 is 0 Å². The Balaban J connectivity index is 2.07. The minimum atomic E-state index is 0.328. The molecule has 1 saturated heterocycles. The zero-order chi connectivity index (χ0) is 10.4. The first-order valence-corrected chi connectivity index (χ1v) is 6.11. The monoisotopic (exact) mass is 198 g/mol. The fourth-order valence-corrected chi connectivity index (χ4v) is 2.27. The van der Waals surface area contributed by atoms with Gasteiger partial charge in [-0.2, -0.15) is 0 Å². The van der Waals surface area contributed by atoms with Crippen LogP contribution >= 0.6 is 0 Å². The second-order valence-electron chi connectivity index (χ2n) is 5.11. The van der Waals surface area contributed by atoms with Gasteiger partial charge in [0.1, 0.15) is 0 Å². The maximum absolute atomic E-state index is 3.65. The van der Waals surface area contributed by atoms with Crippen molar-refractivity contribution in [2.24, 2.45) is 0 Å². The molecule has 0 saturated carbocycles. The molecule has 1 rings (SSSR count). The lowest BCUT2D eigenvalue weighted by Crippen LogP contribution is -2.43. The van der Waals surface area contributed by atoms with E-state index in [1.807, 2.05) is 0 Å². The molecule has 0 aromatic carbocycles. The van der Waals surface area contributed by atoms with Crippen LogP contribution in [0.5, 0.6) is 0 Å². The molecule has 0 amide bonds. The zero-order valence-corrected chi connectivity index (χ0v) is 10.1. The molecule has 1 fully saturated rings. The molecule has 0 aliphatic carbocycles. The van der Waals surface area contributed by atoms with E-state index in [1.165, 1.54) is 45.3 Å². The van der Waals surface area contributed by atoms with Gasteiger partial charge in [-0.15, -0.1) is 0 Å². The van der Waals surface area contributed by atoms with Crippen molar-refractivity contribution in [2.45, 2.75) is 52.0 Å². The summed E-state index contributed by atoms with van der Waals surface area (Å²) in [6.45, 7) is 11.9. The normalized spacial score (nSPS) is 19.1. The highest BCUT2D eigenvalue weighted by Gasteiger charge is 2.16. The highest BCUT2D eigenvalue weighted by Crippen LogP contribution is 2.11. The summed E-state index contributed by atoms with van der Waals surface area (Å²) in [6.07, 6.45) is 5.34. The Morgan fingerprint density at radius 2 is 1.86 bits per heavy atom. The second-order valence-corrected chi connectivity index (χ2v) is 5.11. The van der Waals surface area contributed by atoms with Gasteiger partial charge in [-0.25, -0.2) is 0 Å². The van der Waals surface area contributed by atoms with Crippen molar-refractivity contribution < 1.29 is 0 Å². The third-order valence-corrected chi connectivity index (χ3v) is 3.11. The quantitative estimate of drug-likeness (QED) is 0.704. The SMILES string of the molecule is CCCC(C)(C)NCCN1CCCC1. The Bertz CT molecular complexity index is 148. The van der Waals surface area contributed by atoms with E-state index in [2.05, 4.69) is 31.0 Å². The Morgan fingerprint density at radius 3 is 2.43 bits per heavy atom. The first-order chi connectivity index (χ1) is 6.64. The summed E-state index contributed by atoms with van der Waals surface area (Å²) in [7, 11) is 0. The fourth-order valence-electron chi connectivity index (χ4n) is 2.27. The highest BCUT2D eigenvalue weighted by molar-refractivity contribution is 4.77. The van der Waals surface area contributed by atoms with Gasteiger partial charge in [-0.3, -0.25) is 0 Å². The van der Waals surface area contributed by atoms with Gasteiger partial charge in [-0.1, -0.05) is 13.3 Å². The summed E-state index contributed by atoms with van der Waals surface area (Å²) in [5, 5.41) is 3.65. The average Bonchev–Trinajstić information content (AvgIpc) is 2.56. The molecule has 1 aliphatic heterocycles. The van der Waals surface area contributed by atoms with Gasteiger partial charge in [0.15, 0.2) is 0 Å². The molecule has 0 bridgehead atoms. The Hall–Kier alpha value is -0.0800. The number of hydrogen-bond donors (Lipinski definition) is 1. The van der Waals surface area contributed by atoms with Crippen LogP contribution in [0.2, 0.25) is 0 Å². The van der Waals surface area contributed by atoms with E-state index in [0.717, 1.165) is 6.54 Å². The van der Waals surface area contributed by atoms with E-state index in [4.69, 9.17) is 0 Å². The molecule has 1 heterocycles. The third-order valence-electron chi connectivity index (χ3n) is 3.11. The van der Waals surface area contributed by atoms with E-state index < -0.39 is 0 Å². The van der Waals surface area contributed by atoms with Gasteiger partial charge >= 0.3 is 0 Å². The van der Waals surface area contributed by atoms with Crippen molar-refractivity contribution in [1.82, 2.24) is 10.2 Å². The van der Waals surface area contributed by atoms with Crippen molar-refractivity contribution in [3.63, 3.8) is 0 Å². The predicted octanol–water partition coefficient (Wildman–Crippen LogP) is 2.25. The van der Waals surface area contributed by atoms with Crippen molar-refractivity contribution in [3.8, 4) is 0 Å². The number of hydrogen-bond acceptors (Lipinski definition) is 2. The third kappa shape index (κ3) is 4.43. The topological polar surface area (TPSA) is 15.3 Å². The van der Waals surface area contributed by atoms with E-state index in [1.54, 1.807) is 0 Å². The van der Waals surface area contributed by atoms with Crippen molar-refractivity contribution in [3.05, 3.63) is 0 Å². The first-order valence-electron chi connectivity index (χ1n) is 6.11. The molecule has 0 unspecified atom stereocenters. The molecule has 0 aromatic rings. The molecule has 14 heavy (non-hydrogen) atoms. The smallest absolute Gasteiger partial charge is 0.0125 e. The minimum Gasteiger partial charge on any atom is -0.311 e. The van der Waals surface area contributed by atoms with Crippen molar-refractivity contribution >= 4 is 0 Å². The van der Waals surface area contributed by atoms with Crippen LogP contribution < -0.4 is 5.32 Å². The Kier molecular flexibility index (Phi) is 4.90. The average molecular weight is 198 g/mol. The van der Waals surface area contributed by atoms with Crippen molar-refractivity contribution in [1.29, 1.82) is 0 Å². The molecule has 84 valence electrons.